The molecule has 0 N–H and O–H groups in total. The van der Waals surface area contributed by atoms with Crippen molar-refractivity contribution in [3.63, 3.8) is 0 Å². The zero-order valence-electron chi connectivity index (χ0n) is 13.1. The Balaban J connectivity index is 1.86. The van der Waals surface area contributed by atoms with E-state index in [9.17, 15) is 9.18 Å². The highest BCUT2D eigenvalue weighted by Crippen LogP contribution is 2.19. The summed E-state index contributed by atoms with van der Waals surface area (Å²) >= 11 is 0. The van der Waals surface area contributed by atoms with Gasteiger partial charge in [0.25, 0.3) is 5.91 Å². The highest BCUT2D eigenvalue weighted by atomic mass is 19.1. The first-order chi connectivity index (χ1) is 10.6. The van der Waals surface area contributed by atoms with Crippen molar-refractivity contribution in [2.45, 2.75) is 18.9 Å². The molecule has 1 aromatic carbocycles. The Morgan fingerprint density at radius 1 is 1.41 bits per heavy atom. The van der Waals surface area contributed by atoms with Crippen LogP contribution in [0.15, 0.2) is 24.3 Å². The number of hydrogen-bond acceptors (Lipinski definition) is 4. The molecule has 122 valence electrons. The monoisotopic (exact) mass is 310 g/mol. The van der Waals surface area contributed by atoms with Crippen LogP contribution >= 0.6 is 0 Å². The third-order valence-corrected chi connectivity index (χ3v) is 3.80. The fourth-order valence-corrected chi connectivity index (χ4v) is 2.51. The number of likely N-dealkylation sites (tertiary alicyclic amines) is 1. The molecule has 1 fully saturated rings. The molecule has 6 heteroatoms. The van der Waals surface area contributed by atoms with E-state index < -0.39 is 0 Å². The largest absolute Gasteiger partial charge is 0.489 e. The van der Waals surface area contributed by atoms with Crippen LogP contribution in [0.4, 0.5) is 4.39 Å². The molecule has 1 aromatic rings. The van der Waals surface area contributed by atoms with Gasteiger partial charge in [0.15, 0.2) is 0 Å². The van der Waals surface area contributed by atoms with E-state index in [0.717, 1.165) is 31.8 Å². The third kappa shape index (κ3) is 4.42. The highest BCUT2D eigenvalue weighted by Gasteiger charge is 2.23. The minimum Gasteiger partial charge on any atom is -0.489 e. The van der Waals surface area contributed by atoms with Gasteiger partial charge < -0.3 is 4.74 Å². The minimum absolute atomic E-state index is 0.128. The van der Waals surface area contributed by atoms with Gasteiger partial charge in [0.1, 0.15) is 11.9 Å². The van der Waals surface area contributed by atoms with E-state index in [1.54, 1.807) is 31.3 Å². The van der Waals surface area contributed by atoms with Crippen LogP contribution in [0.1, 0.15) is 23.2 Å². The van der Waals surface area contributed by atoms with Crippen molar-refractivity contribution in [2.24, 2.45) is 0 Å². The molecule has 0 bridgehead atoms. The first-order valence-electron chi connectivity index (χ1n) is 7.51. The van der Waals surface area contributed by atoms with Gasteiger partial charge in [-0.2, -0.15) is 0 Å². The maximum atomic E-state index is 12.2. The number of rotatable bonds is 7. The molecule has 1 saturated heterocycles. The van der Waals surface area contributed by atoms with Crippen LogP contribution in [0.2, 0.25) is 0 Å². The van der Waals surface area contributed by atoms with Crippen LogP contribution in [-0.2, 0) is 4.84 Å². The molecular weight excluding hydrogens is 287 g/mol. The van der Waals surface area contributed by atoms with Gasteiger partial charge in [-0.15, -0.1) is 0 Å². The van der Waals surface area contributed by atoms with E-state index in [4.69, 9.17) is 9.57 Å². The SMILES string of the molecule is CON(C)C(=O)c1ccc(OC2CCN(CCCF)C2)cc1. The Kier molecular flexibility index (Phi) is 6.15. The summed E-state index contributed by atoms with van der Waals surface area (Å²) in [5, 5.41) is 1.18. The number of carbonyl (C=O) groups excluding carboxylic acids is 1. The molecule has 0 saturated carbocycles. The van der Waals surface area contributed by atoms with Crippen LogP contribution in [0.25, 0.3) is 0 Å². The smallest absolute Gasteiger partial charge is 0.277 e. The maximum absolute atomic E-state index is 12.2. The van der Waals surface area contributed by atoms with Crippen molar-refractivity contribution in [3.8, 4) is 5.75 Å². The van der Waals surface area contributed by atoms with E-state index in [0.29, 0.717) is 12.0 Å². The predicted molar refractivity (Wildman–Crippen MR) is 81.6 cm³/mol. The van der Waals surface area contributed by atoms with Gasteiger partial charge in [-0.25, -0.2) is 5.06 Å². The molecule has 0 aliphatic carbocycles. The van der Waals surface area contributed by atoms with Gasteiger partial charge >= 0.3 is 0 Å². The maximum Gasteiger partial charge on any atom is 0.277 e. The summed E-state index contributed by atoms with van der Waals surface area (Å²) in [7, 11) is 3.02. The molecule has 0 radical (unpaired) electrons. The van der Waals surface area contributed by atoms with Crippen molar-refractivity contribution in [1.82, 2.24) is 9.96 Å². The molecular formula is C16H23FN2O3. The third-order valence-electron chi connectivity index (χ3n) is 3.80. The number of benzene rings is 1. The van der Waals surface area contributed by atoms with Gasteiger partial charge in [0, 0.05) is 32.2 Å². The van der Waals surface area contributed by atoms with Crippen molar-refractivity contribution in [3.05, 3.63) is 29.8 Å². The summed E-state index contributed by atoms with van der Waals surface area (Å²) in [6.45, 7) is 2.29. The Labute approximate surface area is 130 Å². The summed E-state index contributed by atoms with van der Waals surface area (Å²) in [4.78, 5) is 19.0. The molecule has 5 nitrogen and oxygen atoms in total. The molecule has 1 aliphatic rings. The van der Waals surface area contributed by atoms with Crippen molar-refractivity contribution in [2.75, 3.05) is 40.5 Å². The highest BCUT2D eigenvalue weighted by molar-refractivity contribution is 5.93. The van der Waals surface area contributed by atoms with Crippen LogP contribution in [0.5, 0.6) is 5.75 Å². The Morgan fingerprint density at radius 2 is 2.14 bits per heavy atom. The zero-order valence-corrected chi connectivity index (χ0v) is 13.1. The summed E-state index contributed by atoms with van der Waals surface area (Å²) < 4.78 is 18.1. The van der Waals surface area contributed by atoms with Gasteiger partial charge in [-0.05, 0) is 37.1 Å². The second kappa shape index (κ2) is 8.10. The number of halogens is 1. The molecule has 0 aromatic heterocycles. The second-order valence-electron chi connectivity index (χ2n) is 5.38. The van der Waals surface area contributed by atoms with Crippen LogP contribution in [0.3, 0.4) is 0 Å². The van der Waals surface area contributed by atoms with Crippen molar-refractivity contribution in [1.29, 1.82) is 0 Å². The van der Waals surface area contributed by atoms with Gasteiger partial charge in [0.05, 0.1) is 13.8 Å². The van der Waals surface area contributed by atoms with Gasteiger partial charge in [0.2, 0.25) is 0 Å². The number of hydrogen-bond donors (Lipinski definition) is 0. The predicted octanol–water partition coefficient (Wildman–Crippen LogP) is 2.13. The molecule has 1 aliphatic heterocycles. The lowest BCUT2D eigenvalue weighted by Gasteiger charge is -2.17. The van der Waals surface area contributed by atoms with Crippen LogP contribution in [-0.4, -0.2) is 62.4 Å². The first-order valence-corrected chi connectivity index (χ1v) is 7.51. The van der Waals surface area contributed by atoms with E-state index in [1.165, 1.54) is 12.2 Å². The minimum atomic E-state index is -0.270. The molecule has 2 rings (SSSR count). The number of amides is 1. The van der Waals surface area contributed by atoms with Crippen LogP contribution < -0.4 is 4.74 Å². The average molecular weight is 310 g/mol. The normalized spacial score (nSPS) is 18.4. The fraction of sp³-hybridized carbons (Fsp3) is 0.562. The molecule has 1 atom stereocenters. The summed E-state index contributed by atoms with van der Waals surface area (Å²) in [5.74, 6) is 0.543. The lowest BCUT2D eigenvalue weighted by Crippen LogP contribution is -2.26. The standard InChI is InChI=1S/C16H23FN2O3/c1-18(21-2)16(20)13-4-6-14(7-5-13)22-15-8-11-19(12-15)10-3-9-17/h4-7,15H,3,8-12H2,1-2H3. The van der Waals surface area contributed by atoms with Crippen molar-refractivity contribution >= 4 is 5.91 Å². The number of hydroxylamine groups is 2. The lowest BCUT2D eigenvalue weighted by atomic mass is 10.2. The van der Waals surface area contributed by atoms with E-state index in [-0.39, 0.29) is 18.7 Å². The van der Waals surface area contributed by atoms with Gasteiger partial charge in [-0.3, -0.25) is 18.9 Å². The average Bonchev–Trinajstić information content (AvgIpc) is 2.99. The number of nitrogens with zero attached hydrogens (tertiary/aromatic N) is 2. The summed E-state index contributed by atoms with van der Waals surface area (Å²) in [6.07, 6.45) is 1.65. The molecule has 0 spiro atoms. The van der Waals surface area contributed by atoms with Gasteiger partial charge in [-0.1, -0.05) is 0 Å². The number of ether oxygens (including phenoxy) is 1. The molecule has 1 amide bonds. The quantitative estimate of drug-likeness (QED) is 0.724. The second-order valence-corrected chi connectivity index (χ2v) is 5.38. The Bertz CT molecular complexity index is 481. The molecule has 1 unspecified atom stereocenters. The first kappa shape index (κ1) is 16.7. The number of carbonyl (C=O) groups is 1. The molecule has 1 heterocycles. The summed E-state index contributed by atoms with van der Waals surface area (Å²) in [6, 6.07) is 7.04. The van der Waals surface area contributed by atoms with E-state index >= 15 is 0 Å². The zero-order chi connectivity index (χ0) is 15.9. The van der Waals surface area contributed by atoms with E-state index in [2.05, 4.69) is 4.90 Å². The number of alkyl halides is 1. The lowest BCUT2D eigenvalue weighted by molar-refractivity contribution is -0.0757. The molecule has 22 heavy (non-hydrogen) atoms. The topological polar surface area (TPSA) is 42.0 Å². The Morgan fingerprint density at radius 3 is 2.77 bits per heavy atom. The fourth-order valence-electron chi connectivity index (χ4n) is 2.51. The van der Waals surface area contributed by atoms with Crippen molar-refractivity contribution < 1.29 is 18.8 Å². The Hall–Kier alpha value is -1.66. The van der Waals surface area contributed by atoms with E-state index in [1.807, 2.05) is 0 Å². The summed E-state index contributed by atoms with van der Waals surface area (Å²) in [5.41, 5.74) is 0.549. The van der Waals surface area contributed by atoms with Crippen LogP contribution in [0, 0.1) is 0 Å².